The van der Waals surface area contributed by atoms with E-state index < -0.39 is 4.92 Å². The van der Waals surface area contributed by atoms with Gasteiger partial charge in [0.25, 0.3) is 11.6 Å². The van der Waals surface area contributed by atoms with Gasteiger partial charge in [0.15, 0.2) is 0 Å². The Morgan fingerprint density at radius 1 is 1.43 bits per heavy atom. The van der Waals surface area contributed by atoms with E-state index in [1.54, 1.807) is 13.0 Å². The molecule has 21 heavy (non-hydrogen) atoms. The fraction of sp³-hybridized carbons (Fsp3) is 0.533. The van der Waals surface area contributed by atoms with Crippen molar-refractivity contribution < 1.29 is 9.72 Å². The van der Waals surface area contributed by atoms with E-state index in [4.69, 9.17) is 0 Å². The molecule has 0 fully saturated rings. The van der Waals surface area contributed by atoms with Gasteiger partial charge >= 0.3 is 0 Å². The van der Waals surface area contributed by atoms with Crippen molar-refractivity contribution in [2.24, 2.45) is 5.92 Å². The van der Waals surface area contributed by atoms with Crippen LogP contribution in [0.25, 0.3) is 0 Å². The number of carbonyl (C=O) groups excluding carboxylic acids is 1. The standard InChI is InChI=1S/C15H21BrN2O3/c1-3-4-12(7-8-16)10-17-15(19)13-5-6-14(18(20)21)11(2)9-13/h5-6,9,12H,3-4,7-8,10H2,1-2H3,(H,17,19). The Morgan fingerprint density at radius 2 is 2.14 bits per heavy atom. The Morgan fingerprint density at radius 3 is 2.67 bits per heavy atom. The predicted molar refractivity (Wildman–Crippen MR) is 87.0 cm³/mol. The van der Waals surface area contributed by atoms with Crippen molar-refractivity contribution in [3.63, 3.8) is 0 Å². The maximum absolute atomic E-state index is 12.1. The fourth-order valence-electron chi connectivity index (χ4n) is 2.25. The number of rotatable bonds is 8. The molecule has 5 nitrogen and oxygen atoms in total. The van der Waals surface area contributed by atoms with Gasteiger partial charge in [-0.05, 0) is 37.8 Å². The molecule has 0 bridgehead atoms. The third-order valence-corrected chi connectivity index (χ3v) is 3.88. The monoisotopic (exact) mass is 356 g/mol. The van der Waals surface area contributed by atoms with Gasteiger partial charge in [-0.15, -0.1) is 0 Å². The molecule has 6 heteroatoms. The highest BCUT2D eigenvalue weighted by atomic mass is 79.9. The zero-order valence-electron chi connectivity index (χ0n) is 12.4. The van der Waals surface area contributed by atoms with Gasteiger partial charge in [-0.2, -0.15) is 0 Å². The predicted octanol–water partition coefficient (Wildman–Crippen LogP) is 3.83. The first-order chi connectivity index (χ1) is 9.99. The van der Waals surface area contributed by atoms with Gasteiger partial charge < -0.3 is 5.32 Å². The first-order valence-corrected chi connectivity index (χ1v) is 8.21. The summed E-state index contributed by atoms with van der Waals surface area (Å²) in [5.74, 6) is 0.279. The molecule has 0 aliphatic rings. The highest BCUT2D eigenvalue weighted by molar-refractivity contribution is 9.09. The molecule has 1 unspecified atom stereocenters. The largest absolute Gasteiger partial charge is 0.352 e. The number of carbonyl (C=O) groups is 1. The lowest BCUT2D eigenvalue weighted by Gasteiger charge is -2.15. The number of nitro groups is 1. The number of amides is 1. The molecule has 1 N–H and O–H groups in total. The summed E-state index contributed by atoms with van der Waals surface area (Å²) < 4.78 is 0. The van der Waals surface area contributed by atoms with Crippen LogP contribution in [0.15, 0.2) is 18.2 Å². The van der Waals surface area contributed by atoms with Gasteiger partial charge in [0.05, 0.1) is 4.92 Å². The first-order valence-electron chi connectivity index (χ1n) is 7.08. The van der Waals surface area contributed by atoms with Crippen LogP contribution in [-0.4, -0.2) is 22.7 Å². The van der Waals surface area contributed by atoms with E-state index in [0.29, 0.717) is 23.6 Å². The van der Waals surface area contributed by atoms with Gasteiger partial charge in [0, 0.05) is 29.1 Å². The number of nitrogens with one attached hydrogen (secondary N) is 1. The summed E-state index contributed by atoms with van der Waals surface area (Å²) in [6.45, 7) is 4.40. The maximum atomic E-state index is 12.1. The molecule has 116 valence electrons. The minimum Gasteiger partial charge on any atom is -0.352 e. The highest BCUT2D eigenvalue weighted by Gasteiger charge is 2.15. The Hall–Kier alpha value is -1.43. The lowest BCUT2D eigenvalue weighted by molar-refractivity contribution is -0.385. The van der Waals surface area contributed by atoms with Crippen LogP contribution < -0.4 is 5.32 Å². The summed E-state index contributed by atoms with van der Waals surface area (Å²) in [5, 5.41) is 14.6. The Labute approximate surface area is 133 Å². The van der Waals surface area contributed by atoms with Crippen molar-refractivity contribution in [1.29, 1.82) is 0 Å². The Kier molecular flexibility index (Phi) is 7.36. The van der Waals surface area contributed by atoms with Crippen LogP contribution in [0, 0.1) is 23.0 Å². The number of alkyl halides is 1. The van der Waals surface area contributed by atoms with E-state index in [0.717, 1.165) is 24.6 Å². The number of nitrogens with zero attached hydrogens (tertiary/aromatic N) is 1. The first kappa shape index (κ1) is 17.6. The quantitative estimate of drug-likeness (QED) is 0.437. The number of aryl methyl sites for hydroxylation is 1. The maximum Gasteiger partial charge on any atom is 0.272 e. The van der Waals surface area contributed by atoms with E-state index in [9.17, 15) is 14.9 Å². The second-order valence-electron chi connectivity index (χ2n) is 5.10. The van der Waals surface area contributed by atoms with Gasteiger partial charge in [-0.3, -0.25) is 14.9 Å². The number of hydrogen-bond donors (Lipinski definition) is 1. The minimum absolute atomic E-state index is 0.0368. The molecule has 0 aromatic heterocycles. The molecule has 0 aliphatic heterocycles. The van der Waals surface area contributed by atoms with E-state index in [1.165, 1.54) is 12.1 Å². The van der Waals surface area contributed by atoms with Gasteiger partial charge in [-0.25, -0.2) is 0 Å². The lowest BCUT2D eigenvalue weighted by Crippen LogP contribution is -2.29. The summed E-state index contributed by atoms with van der Waals surface area (Å²) in [6, 6.07) is 4.44. The van der Waals surface area contributed by atoms with Crippen molar-refractivity contribution in [2.75, 3.05) is 11.9 Å². The van der Waals surface area contributed by atoms with Crippen molar-refractivity contribution >= 4 is 27.5 Å². The molecular formula is C15H21BrN2O3. The zero-order chi connectivity index (χ0) is 15.8. The number of nitro benzene ring substituents is 1. The molecule has 1 aromatic carbocycles. The Bertz CT molecular complexity index is 500. The fourth-order valence-corrected chi connectivity index (χ4v) is 2.90. The number of benzene rings is 1. The molecule has 1 aromatic rings. The molecule has 1 amide bonds. The van der Waals surface area contributed by atoms with Crippen molar-refractivity contribution in [1.82, 2.24) is 5.32 Å². The van der Waals surface area contributed by atoms with Gasteiger partial charge in [0.2, 0.25) is 0 Å². The van der Waals surface area contributed by atoms with Crippen LogP contribution in [0.5, 0.6) is 0 Å². The summed E-state index contributed by atoms with van der Waals surface area (Å²) in [6.07, 6.45) is 3.18. The van der Waals surface area contributed by atoms with E-state index in [1.807, 2.05) is 0 Å². The SMILES string of the molecule is CCCC(CCBr)CNC(=O)c1ccc([N+](=O)[O-])c(C)c1. The molecule has 0 heterocycles. The van der Waals surface area contributed by atoms with E-state index >= 15 is 0 Å². The van der Waals surface area contributed by atoms with Crippen LogP contribution in [0.2, 0.25) is 0 Å². The number of halogens is 1. The molecule has 0 saturated heterocycles. The zero-order valence-corrected chi connectivity index (χ0v) is 14.0. The Balaban J connectivity index is 2.67. The summed E-state index contributed by atoms with van der Waals surface area (Å²) in [5.41, 5.74) is 1.00. The van der Waals surface area contributed by atoms with E-state index in [2.05, 4.69) is 28.2 Å². The smallest absolute Gasteiger partial charge is 0.272 e. The van der Waals surface area contributed by atoms with Crippen molar-refractivity contribution in [2.45, 2.75) is 33.1 Å². The molecule has 0 spiro atoms. The minimum atomic E-state index is -0.440. The van der Waals surface area contributed by atoms with E-state index in [-0.39, 0.29) is 11.6 Å². The van der Waals surface area contributed by atoms with Crippen molar-refractivity contribution in [3.8, 4) is 0 Å². The second kappa shape index (κ2) is 8.77. The highest BCUT2D eigenvalue weighted by Crippen LogP contribution is 2.19. The molecule has 1 rings (SSSR count). The third kappa shape index (κ3) is 5.46. The van der Waals surface area contributed by atoms with Crippen LogP contribution in [0.3, 0.4) is 0 Å². The molecule has 0 radical (unpaired) electrons. The molecular weight excluding hydrogens is 336 g/mol. The topological polar surface area (TPSA) is 72.2 Å². The lowest BCUT2D eigenvalue weighted by atomic mass is 10.0. The normalized spacial score (nSPS) is 12.0. The summed E-state index contributed by atoms with van der Waals surface area (Å²) >= 11 is 3.43. The molecule has 0 aliphatic carbocycles. The summed E-state index contributed by atoms with van der Waals surface area (Å²) in [7, 11) is 0. The van der Waals surface area contributed by atoms with Crippen LogP contribution in [0.1, 0.15) is 42.1 Å². The van der Waals surface area contributed by atoms with Gasteiger partial charge in [0.1, 0.15) is 0 Å². The second-order valence-corrected chi connectivity index (χ2v) is 5.89. The van der Waals surface area contributed by atoms with Crippen LogP contribution in [0.4, 0.5) is 5.69 Å². The average molecular weight is 357 g/mol. The van der Waals surface area contributed by atoms with Crippen molar-refractivity contribution in [3.05, 3.63) is 39.4 Å². The summed E-state index contributed by atoms with van der Waals surface area (Å²) in [4.78, 5) is 22.4. The third-order valence-electron chi connectivity index (χ3n) is 3.42. The average Bonchev–Trinajstić information content (AvgIpc) is 2.44. The molecule has 0 saturated carbocycles. The number of hydrogen-bond acceptors (Lipinski definition) is 3. The van der Waals surface area contributed by atoms with Crippen LogP contribution in [-0.2, 0) is 0 Å². The molecule has 1 atom stereocenters. The van der Waals surface area contributed by atoms with Gasteiger partial charge in [-0.1, -0.05) is 29.3 Å². The van der Waals surface area contributed by atoms with Crippen LogP contribution >= 0.6 is 15.9 Å².